The van der Waals surface area contributed by atoms with Gasteiger partial charge in [-0.25, -0.2) is 4.79 Å². The molecule has 0 saturated carbocycles. The molecule has 0 spiro atoms. The van der Waals surface area contributed by atoms with Crippen LogP contribution in [0, 0.1) is 0 Å². The Hall–Kier alpha value is -3.09. The lowest BCUT2D eigenvalue weighted by atomic mass is 10.1. The van der Waals surface area contributed by atoms with E-state index in [9.17, 15) is 14.7 Å². The van der Waals surface area contributed by atoms with Crippen LogP contribution in [0.3, 0.4) is 0 Å². The van der Waals surface area contributed by atoms with Gasteiger partial charge in [0.1, 0.15) is 0 Å². The van der Waals surface area contributed by atoms with Crippen molar-refractivity contribution in [2.75, 3.05) is 19.5 Å². The Bertz CT molecular complexity index is 701. The Morgan fingerprint density at radius 1 is 1.09 bits per heavy atom. The number of carboxylic acid groups (broad SMARTS) is 1. The van der Waals surface area contributed by atoms with E-state index in [0.717, 1.165) is 0 Å². The zero-order chi connectivity index (χ0) is 16.1. The van der Waals surface area contributed by atoms with Crippen molar-refractivity contribution in [1.29, 1.82) is 0 Å². The van der Waals surface area contributed by atoms with Crippen LogP contribution in [0.1, 0.15) is 20.7 Å². The zero-order valence-electron chi connectivity index (χ0n) is 12.0. The molecule has 2 aromatic rings. The van der Waals surface area contributed by atoms with Crippen molar-refractivity contribution in [2.24, 2.45) is 0 Å². The monoisotopic (exact) mass is 302 g/mol. The van der Waals surface area contributed by atoms with Crippen molar-refractivity contribution in [3.63, 3.8) is 0 Å². The Labute approximate surface area is 126 Å². The minimum absolute atomic E-state index is 0.0972. The molecule has 0 bridgehead atoms. The maximum absolute atomic E-state index is 12.1. The predicted octanol–water partition coefficient (Wildman–Crippen LogP) is 2.05. The third-order valence-electron chi connectivity index (χ3n) is 2.94. The Morgan fingerprint density at radius 2 is 1.68 bits per heavy atom. The van der Waals surface area contributed by atoms with Crippen LogP contribution in [0.2, 0.25) is 0 Å². The highest BCUT2D eigenvalue weighted by atomic mass is 16.5. The van der Waals surface area contributed by atoms with Gasteiger partial charge in [0, 0.05) is 30.1 Å². The molecule has 0 saturated heterocycles. The van der Waals surface area contributed by atoms with E-state index in [1.807, 2.05) is 0 Å². The summed E-state index contributed by atoms with van der Waals surface area (Å²) in [5, 5.41) is 11.8. The number of carbonyl (C=O) groups is 2. The molecule has 0 unspecified atom stereocenters. The van der Waals surface area contributed by atoms with Crippen LogP contribution >= 0.6 is 0 Å². The van der Waals surface area contributed by atoms with Crippen LogP contribution < -0.4 is 14.8 Å². The molecule has 1 amide bonds. The highest BCUT2D eigenvalue weighted by Gasteiger charge is 2.18. The van der Waals surface area contributed by atoms with E-state index in [1.54, 1.807) is 0 Å². The van der Waals surface area contributed by atoms with Crippen LogP contribution in [0.5, 0.6) is 11.5 Å². The first kappa shape index (κ1) is 15.3. The summed E-state index contributed by atoms with van der Waals surface area (Å²) < 4.78 is 10.2. The second kappa shape index (κ2) is 6.57. The second-order valence-electron chi connectivity index (χ2n) is 4.25. The number of amides is 1. The molecular formula is C15H14N2O5. The highest BCUT2D eigenvalue weighted by Crippen LogP contribution is 2.33. The molecule has 7 heteroatoms. The minimum atomic E-state index is -1.19. The fourth-order valence-corrected chi connectivity index (χ4v) is 1.86. The maximum Gasteiger partial charge on any atom is 0.337 e. The number of nitrogens with one attached hydrogen (secondary N) is 1. The van der Waals surface area contributed by atoms with E-state index in [-0.39, 0.29) is 17.0 Å². The van der Waals surface area contributed by atoms with E-state index in [0.29, 0.717) is 11.3 Å². The van der Waals surface area contributed by atoms with Gasteiger partial charge in [-0.1, -0.05) is 0 Å². The lowest BCUT2D eigenvalue weighted by Crippen LogP contribution is -2.15. The van der Waals surface area contributed by atoms with Gasteiger partial charge >= 0.3 is 5.97 Å². The topological polar surface area (TPSA) is 97.8 Å². The molecule has 0 atom stereocenters. The minimum Gasteiger partial charge on any atom is -0.493 e. The van der Waals surface area contributed by atoms with Crippen molar-refractivity contribution >= 4 is 17.6 Å². The fourth-order valence-electron chi connectivity index (χ4n) is 1.86. The van der Waals surface area contributed by atoms with E-state index < -0.39 is 11.9 Å². The summed E-state index contributed by atoms with van der Waals surface area (Å²) in [4.78, 5) is 27.3. The van der Waals surface area contributed by atoms with Crippen molar-refractivity contribution in [2.45, 2.75) is 0 Å². The number of hydrogen-bond donors (Lipinski definition) is 2. The van der Waals surface area contributed by atoms with E-state index >= 15 is 0 Å². The Balaban J connectivity index is 2.41. The average Bonchev–Trinajstić information content (AvgIpc) is 2.54. The van der Waals surface area contributed by atoms with E-state index in [2.05, 4.69) is 10.3 Å². The number of anilines is 1. The lowest BCUT2D eigenvalue weighted by molar-refractivity contribution is 0.0697. The van der Waals surface area contributed by atoms with Crippen LogP contribution in [0.25, 0.3) is 0 Å². The van der Waals surface area contributed by atoms with Crippen molar-refractivity contribution in [3.8, 4) is 11.5 Å². The molecule has 0 aliphatic heterocycles. The second-order valence-corrected chi connectivity index (χ2v) is 4.25. The number of nitrogens with zero attached hydrogens (tertiary/aromatic N) is 1. The number of pyridine rings is 1. The summed E-state index contributed by atoms with van der Waals surface area (Å²) in [5.74, 6) is -1.05. The first-order valence-corrected chi connectivity index (χ1v) is 6.27. The van der Waals surface area contributed by atoms with Gasteiger partial charge in [0.2, 0.25) is 0 Å². The first-order valence-electron chi connectivity index (χ1n) is 6.27. The molecule has 22 heavy (non-hydrogen) atoms. The van der Waals surface area contributed by atoms with Gasteiger partial charge in [-0.2, -0.15) is 0 Å². The van der Waals surface area contributed by atoms with Crippen LogP contribution in [0.15, 0.2) is 36.7 Å². The number of benzene rings is 1. The van der Waals surface area contributed by atoms with Crippen molar-refractivity contribution < 1.29 is 24.2 Å². The fraction of sp³-hybridized carbons (Fsp3) is 0.133. The van der Waals surface area contributed by atoms with Gasteiger partial charge in [0.15, 0.2) is 11.5 Å². The number of aromatic nitrogens is 1. The molecule has 2 rings (SSSR count). The van der Waals surface area contributed by atoms with Gasteiger partial charge in [0.25, 0.3) is 5.91 Å². The number of ether oxygens (including phenoxy) is 2. The quantitative estimate of drug-likeness (QED) is 0.877. The summed E-state index contributed by atoms with van der Waals surface area (Å²) in [5.41, 5.74) is 0.383. The number of hydrogen-bond acceptors (Lipinski definition) is 5. The molecule has 0 radical (unpaired) electrons. The zero-order valence-corrected chi connectivity index (χ0v) is 12.0. The molecule has 2 N–H and O–H groups in total. The number of carboxylic acids is 1. The molecule has 0 aliphatic rings. The van der Waals surface area contributed by atoms with E-state index in [1.165, 1.54) is 50.9 Å². The van der Waals surface area contributed by atoms with Crippen molar-refractivity contribution in [1.82, 2.24) is 4.98 Å². The van der Waals surface area contributed by atoms with Gasteiger partial charge in [-0.3, -0.25) is 9.78 Å². The van der Waals surface area contributed by atoms with E-state index in [4.69, 9.17) is 9.47 Å². The smallest absolute Gasteiger partial charge is 0.337 e. The normalized spacial score (nSPS) is 9.91. The van der Waals surface area contributed by atoms with Crippen molar-refractivity contribution in [3.05, 3.63) is 47.8 Å². The summed E-state index contributed by atoms with van der Waals surface area (Å²) in [6, 6.07) is 5.75. The largest absolute Gasteiger partial charge is 0.493 e. The lowest BCUT2D eigenvalue weighted by Gasteiger charge is -2.13. The first-order chi connectivity index (χ1) is 10.6. The molecule has 1 aromatic carbocycles. The van der Waals surface area contributed by atoms with Gasteiger partial charge in [-0.15, -0.1) is 0 Å². The molecule has 1 heterocycles. The summed E-state index contributed by atoms with van der Waals surface area (Å²) >= 11 is 0. The third kappa shape index (κ3) is 3.14. The molecule has 7 nitrogen and oxygen atoms in total. The average molecular weight is 302 g/mol. The SMILES string of the molecule is COc1cc(NC(=O)c2ccncc2)c(C(=O)O)cc1OC. The summed E-state index contributed by atoms with van der Waals surface area (Å²) in [6.07, 6.45) is 2.95. The molecular weight excluding hydrogens is 288 g/mol. The predicted molar refractivity (Wildman–Crippen MR) is 78.7 cm³/mol. The van der Waals surface area contributed by atoms with Crippen LogP contribution in [-0.2, 0) is 0 Å². The molecule has 1 aromatic heterocycles. The number of rotatable bonds is 5. The summed E-state index contributed by atoms with van der Waals surface area (Å²) in [6.45, 7) is 0. The third-order valence-corrected chi connectivity index (χ3v) is 2.94. The number of carbonyl (C=O) groups excluding carboxylic acids is 1. The summed E-state index contributed by atoms with van der Waals surface area (Å²) in [7, 11) is 2.82. The van der Waals surface area contributed by atoms with Gasteiger partial charge in [0.05, 0.1) is 25.5 Å². The Kier molecular flexibility index (Phi) is 4.57. The Morgan fingerprint density at radius 3 is 2.23 bits per heavy atom. The standard InChI is InChI=1S/C15H14N2O5/c1-21-12-7-10(15(19)20)11(8-13(12)22-2)17-14(18)9-3-5-16-6-4-9/h3-8H,1-2H3,(H,17,18)(H,19,20). The molecule has 0 fully saturated rings. The molecule has 114 valence electrons. The van der Waals surface area contributed by atoms with Crippen LogP contribution in [-0.4, -0.2) is 36.2 Å². The highest BCUT2D eigenvalue weighted by molar-refractivity contribution is 6.08. The van der Waals surface area contributed by atoms with Gasteiger partial charge < -0.3 is 19.9 Å². The molecule has 0 aliphatic carbocycles. The number of methoxy groups -OCH3 is 2. The maximum atomic E-state index is 12.1. The van der Waals surface area contributed by atoms with Gasteiger partial charge in [-0.05, 0) is 12.1 Å². The number of aromatic carboxylic acids is 1. The van der Waals surface area contributed by atoms with Crippen LogP contribution in [0.4, 0.5) is 5.69 Å².